The lowest BCUT2D eigenvalue weighted by Crippen LogP contribution is -2.49. The predicted molar refractivity (Wildman–Crippen MR) is 90.1 cm³/mol. The fraction of sp³-hybridized carbons (Fsp3) is 0.333. The SMILES string of the molecule is CC(C)(O)C(C)(C)OBc1ccc(-c2ccc(F)cc2)cc1. The second-order valence-electron chi connectivity index (χ2n) is 6.56. The van der Waals surface area contributed by atoms with E-state index in [0.717, 1.165) is 16.6 Å². The fourth-order valence-electron chi connectivity index (χ4n) is 1.88. The molecule has 0 heterocycles. The van der Waals surface area contributed by atoms with Crippen molar-refractivity contribution < 1.29 is 14.2 Å². The van der Waals surface area contributed by atoms with Gasteiger partial charge in [-0.1, -0.05) is 41.9 Å². The Bertz CT molecular complexity index is 613. The molecule has 0 saturated carbocycles. The normalized spacial score (nSPS) is 12.3. The Balaban J connectivity index is 2.05. The van der Waals surface area contributed by atoms with E-state index in [1.807, 2.05) is 38.1 Å². The van der Waals surface area contributed by atoms with Crippen molar-refractivity contribution >= 4 is 12.9 Å². The second-order valence-corrected chi connectivity index (χ2v) is 6.56. The third-order valence-corrected chi connectivity index (χ3v) is 4.20. The highest BCUT2D eigenvalue weighted by Gasteiger charge is 2.35. The molecule has 0 bridgehead atoms. The van der Waals surface area contributed by atoms with Gasteiger partial charge in [0.2, 0.25) is 0 Å². The van der Waals surface area contributed by atoms with E-state index in [1.54, 1.807) is 26.0 Å². The third-order valence-electron chi connectivity index (χ3n) is 4.20. The highest BCUT2D eigenvalue weighted by Crippen LogP contribution is 2.24. The van der Waals surface area contributed by atoms with E-state index in [4.69, 9.17) is 4.65 Å². The van der Waals surface area contributed by atoms with Crippen molar-refractivity contribution in [3.8, 4) is 11.1 Å². The zero-order valence-corrected chi connectivity index (χ0v) is 13.6. The van der Waals surface area contributed by atoms with E-state index in [-0.39, 0.29) is 5.82 Å². The van der Waals surface area contributed by atoms with Gasteiger partial charge in [-0.05, 0) is 51.0 Å². The van der Waals surface area contributed by atoms with Gasteiger partial charge in [0.05, 0.1) is 11.2 Å². The molecular formula is C18H22BFO2. The Hall–Kier alpha value is -1.65. The van der Waals surface area contributed by atoms with Crippen molar-refractivity contribution in [3.63, 3.8) is 0 Å². The molecule has 0 saturated heterocycles. The Kier molecular flexibility index (Phi) is 4.73. The Morgan fingerprint density at radius 1 is 0.864 bits per heavy atom. The quantitative estimate of drug-likeness (QED) is 0.860. The topological polar surface area (TPSA) is 29.5 Å². The van der Waals surface area contributed by atoms with Gasteiger partial charge in [-0.15, -0.1) is 0 Å². The molecule has 0 fully saturated rings. The first-order valence-corrected chi connectivity index (χ1v) is 7.40. The molecule has 0 aromatic heterocycles. The molecule has 0 spiro atoms. The highest BCUT2D eigenvalue weighted by atomic mass is 19.1. The molecule has 4 heteroatoms. The zero-order chi connectivity index (χ0) is 16.4. The van der Waals surface area contributed by atoms with Gasteiger partial charge < -0.3 is 9.76 Å². The van der Waals surface area contributed by atoms with Crippen molar-refractivity contribution in [1.29, 1.82) is 0 Å². The number of hydrogen-bond donors (Lipinski definition) is 1. The number of halogens is 1. The molecule has 2 rings (SSSR count). The monoisotopic (exact) mass is 300 g/mol. The van der Waals surface area contributed by atoms with Crippen molar-refractivity contribution in [2.24, 2.45) is 0 Å². The Labute approximate surface area is 132 Å². The lowest BCUT2D eigenvalue weighted by atomic mass is 9.82. The summed E-state index contributed by atoms with van der Waals surface area (Å²) in [4.78, 5) is 0. The average Bonchev–Trinajstić information content (AvgIpc) is 2.45. The van der Waals surface area contributed by atoms with Crippen molar-refractivity contribution in [3.05, 3.63) is 54.3 Å². The summed E-state index contributed by atoms with van der Waals surface area (Å²) in [6.07, 6.45) is 0. The van der Waals surface area contributed by atoms with Crippen molar-refractivity contribution in [1.82, 2.24) is 0 Å². The zero-order valence-electron chi connectivity index (χ0n) is 13.6. The van der Waals surface area contributed by atoms with Crippen LogP contribution >= 0.6 is 0 Å². The number of hydrogen-bond acceptors (Lipinski definition) is 2. The minimum absolute atomic E-state index is 0.234. The fourth-order valence-corrected chi connectivity index (χ4v) is 1.88. The van der Waals surface area contributed by atoms with E-state index >= 15 is 0 Å². The van der Waals surface area contributed by atoms with Crippen LogP contribution in [0.3, 0.4) is 0 Å². The Morgan fingerprint density at radius 3 is 1.77 bits per heavy atom. The van der Waals surface area contributed by atoms with Crippen molar-refractivity contribution in [2.45, 2.75) is 38.9 Å². The van der Waals surface area contributed by atoms with E-state index in [9.17, 15) is 9.50 Å². The van der Waals surface area contributed by atoms with Crippen molar-refractivity contribution in [2.75, 3.05) is 0 Å². The smallest absolute Gasteiger partial charge is 0.309 e. The summed E-state index contributed by atoms with van der Waals surface area (Å²) in [7, 11) is 0.431. The molecule has 0 atom stereocenters. The summed E-state index contributed by atoms with van der Waals surface area (Å²) in [6, 6.07) is 14.4. The Morgan fingerprint density at radius 2 is 1.32 bits per heavy atom. The third kappa shape index (κ3) is 3.96. The molecule has 0 unspecified atom stereocenters. The summed E-state index contributed by atoms with van der Waals surface area (Å²) in [6.45, 7) is 7.23. The van der Waals surface area contributed by atoms with Crippen LogP contribution in [0, 0.1) is 5.82 Å². The maximum atomic E-state index is 12.9. The van der Waals surface area contributed by atoms with E-state index < -0.39 is 11.2 Å². The van der Waals surface area contributed by atoms with Gasteiger partial charge in [0, 0.05) is 0 Å². The molecule has 0 amide bonds. The summed E-state index contributed by atoms with van der Waals surface area (Å²) >= 11 is 0. The van der Waals surface area contributed by atoms with Gasteiger partial charge in [-0.2, -0.15) is 0 Å². The standard InChI is InChI=1S/C18H22BFO2/c1-17(2,21)18(3,4)22-19-15-9-5-13(6-10-15)14-7-11-16(20)12-8-14/h5-12,19,21H,1-4H3. The van der Waals surface area contributed by atoms with Gasteiger partial charge in [0.25, 0.3) is 0 Å². The van der Waals surface area contributed by atoms with Crippen LogP contribution in [0.4, 0.5) is 4.39 Å². The van der Waals surface area contributed by atoms with Crippen LogP contribution in [0.5, 0.6) is 0 Å². The molecule has 1 N–H and O–H groups in total. The van der Waals surface area contributed by atoms with Gasteiger partial charge in [-0.25, -0.2) is 4.39 Å². The molecule has 0 aliphatic carbocycles. The predicted octanol–water partition coefficient (Wildman–Crippen LogP) is 3.04. The molecule has 0 aliphatic rings. The minimum Gasteiger partial charge on any atom is -0.427 e. The number of benzene rings is 2. The number of rotatable bonds is 5. The first-order valence-electron chi connectivity index (χ1n) is 7.40. The van der Waals surface area contributed by atoms with Gasteiger partial charge in [0.1, 0.15) is 5.82 Å². The maximum absolute atomic E-state index is 12.9. The molecular weight excluding hydrogens is 278 g/mol. The molecule has 0 aliphatic heterocycles. The van der Waals surface area contributed by atoms with E-state index in [1.165, 1.54) is 12.1 Å². The van der Waals surface area contributed by atoms with Gasteiger partial charge >= 0.3 is 7.48 Å². The van der Waals surface area contributed by atoms with Gasteiger partial charge in [0.15, 0.2) is 0 Å². The maximum Gasteiger partial charge on any atom is 0.309 e. The van der Waals surface area contributed by atoms with Crippen LogP contribution in [0.1, 0.15) is 27.7 Å². The first-order chi connectivity index (χ1) is 10.2. The summed E-state index contributed by atoms with van der Waals surface area (Å²) in [5.74, 6) is -0.234. The number of aliphatic hydroxyl groups is 1. The van der Waals surface area contributed by atoms with Crippen LogP contribution in [-0.2, 0) is 4.65 Å². The van der Waals surface area contributed by atoms with E-state index in [2.05, 4.69) is 0 Å². The second kappa shape index (κ2) is 6.23. The first kappa shape index (κ1) is 16.7. The summed E-state index contributed by atoms with van der Waals surface area (Å²) in [5, 5.41) is 10.1. The minimum atomic E-state index is -0.916. The van der Waals surface area contributed by atoms with E-state index in [0.29, 0.717) is 7.48 Å². The molecule has 0 radical (unpaired) electrons. The molecule has 2 nitrogen and oxygen atoms in total. The van der Waals surface area contributed by atoms with Gasteiger partial charge in [-0.3, -0.25) is 0 Å². The largest absolute Gasteiger partial charge is 0.427 e. The summed E-state index contributed by atoms with van der Waals surface area (Å²) in [5.41, 5.74) is 1.49. The average molecular weight is 300 g/mol. The van der Waals surface area contributed by atoms with Crippen LogP contribution < -0.4 is 5.46 Å². The van der Waals surface area contributed by atoms with Crippen LogP contribution in [-0.4, -0.2) is 23.8 Å². The molecule has 2 aromatic carbocycles. The molecule has 22 heavy (non-hydrogen) atoms. The molecule has 116 valence electrons. The highest BCUT2D eigenvalue weighted by molar-refractivity contribution is 6.47. The summed E-state index contributed by atoms with van der Waals surface area (Å²) < 4.78 is 18.8. The van der Waals surface area contributed by atoms with Crippen LogP contribution in [0.25, 0.3) is 11.1 Å². The molecule has 2 aromatic rings. The van der Waals surface area contributed by atoms with Crippen LogP contribution in [0.2, 0.25) is 0 Å². The lowest BCUT2D eigenvalue weighted by Gasteiger charge is -2.37. The lowest BCUT2D eigenvalue weighted by molar-refractivity contribution is -0.0893. The van der Waals surface area contributed by atoms with Crippen LogP contribution in [0.15, 0.2) is 48.5 Å².